The number of anilines is 1. The fourth-order valence-electron chi connectivity index (χ4n) is 3.61. The topological polar surface area (TPSA) is 64.5 Å². The number of carbonyl (C=O) groups excluding carboxylic acids is 1. The van der Waals surface area contributed by atoms with Crippen molar-refractivity contribution in [1.29, 1.82) is 0 Å². The number of ketones is 1. The van der Waals surface area contributed by atoms with E-state index in [0.29, 0.717) is 29.5 Å². The van der Waals surface area contributed by atoms with Crippen molar-refractivity contribution in [2.24, 2.45) is 5.92 Å². The molecule has 6 heteroatoms. The van der Waals surface area contributed by atoms with Crippen LogP contribution in [0.3, 0.4) is 0 Å². The fourth-order valence-corrected chi connectivity index (χ4v) is 3.61. The minimum Gasteiger partial charge on any atom is -0.497 e. The van der Waals surface area contributed by atoms with Crippen molar-refractivity contribution < 1.29 is 14.3 Å². The van der Waals surface area contributed by atoms with Crippen molar-refractivity contribution in [2.45, 2.75) is 32.6 Å². The van der Waals surface area contributed by atoms with E-state index in [-0.39, 0.29) is 11.7 Å². The third kappa shape index (κ3) is 4.04. The van der Waals surface area contributed by atoms with Gasteiger partial charge in [-0.15, -0.1) is 0 Å². The number of methoxy groups -OCH3 is 2. The van der Waals surface area contributed by atoms with Crippen LogP contribution in [0.25, 0.3) is 0 Å². The van der Waals surface area contributed by atoms with Gasteiger partial charge in [0.25, 0.3) is 0 Å². The number of hydrogen-bond donors (Lipinski definition) is 0. The van der Waals surface area contributed by atoms with Gasteiger partial charge in [0.1, 0.15) is 23.6 Å². The number of nitrogens with zero attached hydrogens (tertiary/aromatic N) is 3. The van der Waals surface area contributed by atoms with Crippen LogP contribution in [0.15, 0.2) is 30.7 Å². The average Bonchev–Trinajstić information content (AvgIpc) is 2.72. The second-order valence-corrected chi connectivity index (χ2v) is 7.17. The number of piperidine rings is 1. The summed E-state index contributed by atoms with van der Waals surface area (Å²) in [6.45, 7) is 5.83. The first-order chi connectivity index (χ1) is 13.0. The zero-order chi connectivity index (χ0) is 19.4. The molecule has 144 valence electrons. The molecule has 0 bridgehead atoms. The summed E-state index contributed by atoms with van der Waals surface area (Å²) < 4.78 is 10.7. The van der Waals surface area contributed by atoms with Crippen LogP contribution in [0.2, 0.25) is 0 Å². The standard InChI is InChI=1S/C21H27N3O3/c1-14(2)18-11-22-13-23-21(18)24-9-5-6-15(12-24)20(25)17-8-7-16(26-3)10-19(17)27-4/h7-8,10-11,13-15H,5-6,9,12H2,1-4H3. The maximum Gasteiger partial charge on any atom is 0.171 e. The van der Waals surface area contributed by atoms with E-state index in [1.165, 1.54) is 0 Å². The zero-order valence-electron chi connectivity index (χ0n) is 16.4. The summed E-state index contributed by atoms with van der Waals surface area (Å²) in [4.78, 5) is 24.1. The largest absolute Gasteiger partial charge is 0.497 e. The van der Waals surface area contributed by atoms with Gasteiger partial charge in [-0.2, -0.15) is 0 Å². The van der Waals surface area contributed by atoms with E-state index in [1.54, 1.807) is 38.7 Å². The second-order valence-electron chi connectivity index (χ2n) is 7.17. The summed E-state index contributed by atoms with van der Waals surface area (Å²) in [6, 6.07) is 5.36. The lowest BCUT2D eigenvalue weighted by Crippen LogP contribution is -2.40. The first-order valence-corrected chi connectivity index (χ1v) is 9.36. The Balaban J connectivity index is 1.84. The van der Waals surface area contributed by atoms with Gasteiger partial charge < -0.3 is 14.4 Å². The van der Waals surface area contributed by atoms with E-state index in [1.807, 2.05) is 6.20 Å². The number of carbonyl (C=O) groups is 1. The Morgan fingerprint density at radius 1 is 1.26 bits per heavy atom. The Bertz CT molecular complexity index is 807. The number of rotatable bonds is 6. The molecule has 3 rings (SSSR count). The predicted molar refractivity (Wildman–Crippen MR) is 105 cm³/mol. The van der Waals surface area contributed by atoms with E-state index in [0.717, 1.165) is 30.8 Å². The smallest absolute Gasteiger partial charge is 0.171 e. The van der Waals surface area contributed by atoms with Crippen molar-refractivity contribution in [3.8, 4) is 11.5 Å². The van der Waals surface area contributed by atoms with Crippen molar-refractivity contribution in [1.82, 2.24) is 9.97 Å². The Hall–Kier alpha value is -2.63. The summed E-state index contributed by atoms with van der Waals surface area (Å²) in [7, 11) is 3.18. The maximum absolute atomic E-state index is 13.2. The summed E-state index contributed by atoms with van der Waals surface area (Å²) in [5.41, 5.74) is 1.73. The van der Waals surface area contributed by atoms with Gasteiger partial charge >= 0.3 is 0 Å². The summed E-state index contributed by atoms with van der Waals surface area (Å²) >= 11 is 0. The van der Waals surface area contributed by atoms with Gasteiger partial charge in [-0.3, -0.25) is 4.79 Å². The quantitative estimate of drug-likeness (QED) is 0.723. The van der Waals surface area contributed by atoms with Gasteiger partial charge in [0.05, 0.1) is 19.8 Å². The normalized spacial score (nSPS) is 17.1. The molecule has 1 saturated heterocycles. The monoisotopic (exact) mass is 369 g/mol. The van der Waals surface area contributed by atoms with Crippen molar-refractivity contribution >= 4 is 11.6 Å². The Kier molecular flexibility index (Phi) is 5.94. The highest BCUT2D eigenvalue weighted by atomic mass is 16.5. The second kappa shape index (κ2) is 8.37. The Morgan fingerprint density at radius 3 is 2.78 bits per heavy atom. The third-order valence-corrected chi connectivity index (χ3v) is 5.11. The third-order valence-electron chi connectivity index (χ3n) is 5.11. The van der Waals surface area contributed by atoms with Crippen LogP contribution in [0, 0.1) is 5.92 Å². The number of benzene rings is 1. The number of ether oxygens (including phenoxy) is 2. The van der Waals surface area contributed by atoms with E-state index in [2.05, 4.69) is 28.7 Å². The van der Waals surface area contributed by atoms with Crippen LogP contribution in [0.1, 0.15) is 48.5 Å². The lowest BCUT2D eigenvalue weighted by molar-refractivity contribution is 0.0904. The number of hydrogen-bond acceptors (Lipinski definition) is 6. The highest BCUT2D eigenvalue weighted by Crippen LogP contribution is 2.32. The van der Waals surface area contributed by atoms with E-state index in [4.69, 9.17) is 9.47 Å². The summed E-state index contributed by atoms with van der Waals surface area (Å²) in [6.07, 6.45) is 5.28. The number of aromatic nitrogens is 2. The summed E-state index contributed by atoms with van der Waals surface area (Å²) in [5.74, 6) is 2.53. The molecular formula is C21H27N3O3. The van der Waals surface area contributed by atoms with Crippen molar-refractivity contribution in [2.75, 3.05) is 32.2 Å². The molecular weight excluding hydrogens is 342 g/mol. The van der Waals surface area contributed by atoms with Gasteiger partial charge in [0.2, 0.25) is 0 Å². The molecule has 2 aromatic rings. The van der Waals surface area contributed by atoms with Gasteiger partial charge in [-0.25, -0.2) is 9.97 Å². The first kappa shape index (κ1) is 19.1. The van der Waals surface area contributed by atoms with E-state index >= 15 is 0 Å². The molecule has 0 aliphatic carbocycles. The Labute approximate surface area is 160 Å². The molecule has 1 fully saturated rings. The maximum atomic E-state index is 13.2. The molecule has 1 atom stereocenters. The molecule has 2 heterocycles. The lowest BCUT2D eigenvalue weighted by atomic mass is 9.89. The molecule has 1 aliphatic rings. The van der Waals surface area contributed by atoms with Crippen LogP contribution < -0.4 is 14.4 Å². The van der Waals surface area contributed by atoms with E-state index < -0.39 is 0 Å². The SMILES string of the molecule is COc1ccc(C(=O)C2CCCN(c3ncncc3C(C)C)C2)c(OC)c1. The minimum atomic E-state index is -0.0870. The van der Waals surface area contributed by atoms with Crippen molar-refractivity contribution in [3.63, 3.8) is 0 Å². The van der Waals surface area contributed by atoms with Crippen LogP contribution in [0.4, 0.5) is 5.82 Å². The van der Waals surface area contributed by atoms with E-state index in [9.17, 15) is 4.79 Å². The molecule has 1 aromatic heterocycles. The van der Waals surface area contributed by atoms with Gasteiger partial charge in [-0.05, 0) is 30.9 Å². The lowest BCUT2D eigenvalue weighted by Gasteiger charge is -2.34. The first-order valence-electron chi connectivity index (χ1n) is 9.36. The molecule has 0 saturated carbocycles. The molecule has 1 aromatic carbocycles. The molecule has 6 nitrogen and oxygen atoms in total. The molecule has 0 amide bonds. The van der Waals surface area contributed by atoms with Gasteiger partial charge in [0, 0.05) is 36.8 Å². The minimum absolute atomic E-state index is 0.0870. The molecule has 1 aliphatic heterocycles. The Morgan fingerprint density at radius 2 is 2.07 bits per heavy atom. The molecule has 0 N–H and O–H groups in total. The highest BCUT2D eigenvalue weighted by molar-refractivity contribution is 6.01. The summed E-state index contributed by atoms with van der Waals surface area (Å²) in [5, 5.41) is 0. The van der Waals surface area contributed by atoms with Crippen LogP contribution in [0.5, 0.6) is 11.5 Å². The van der Waals surface area contributed by atoms with Gasteiger partial charge in [0.15, 0.2) is 5.78 Å². The molecule has 27 heavy (non-hydrogen) atoms. The van der Waals surface area contributed by atoms with Crippen molar-refractivity contribution in [3.05, 3.63) is 41.9 Å². The average molecular weight is 369 g/mol. The number of Topliss-reactive ketones (excluding diaryl/α,β-unsaturated/α-hetero) is 1. The van der Waals surface area contributed by atoms with Gasteiger partial charge in [-0.1, -0.05) is 13.8 Å². The highest BCUT2D eigenvalue weighted by Gasteiger charge is 2.30. The molecule has 1 unspecified atom stereocenters. The van der Waals surface area contributed by atoms with Crippen LogP contribution >= 0.6 is 0 Å². The van der Waals surface area contributed by atoms with Crippen LogP contribution in [-0.2, 0) is 0 Å². The predicted octanol–water partition coefficient (Wildman–Crippen LogP) is 3.72. The molecule has 0 radical (unpaired) electrons. The fraction of sp³-hybridized carbons (Fsp3) is 0.476. The van der Waals surface area contributed by atoms with Crippen LogP contribution in [-0.4, -0.2) is 43.1 Å². The molecule has 0 spiro atoms. The zero-order valence-corrected chi connectivity index (χ0v) is 16.4.